The van der Waals surface area contributed by atoms with Gasteiger partial charge in [0, 0.05) is 6.42 Å². The Hall–Kier alpha value is -1.44. The summed E-state index contributed by atoms with van der Waals surface area (Å²) in [4.78, 5) is 23.8. The molecule has 120 valence electrons. The fourth-order valence-electron chi connectivity index (χ4n) is 4.20. The Bertz CT molecular complexity index is 573. The van der Waals surface area contributed by atoms with Gasteiger partial charge in [-0.05, 0) is 82.4 Å². The van der Waals surface area contributed by atoms with Crippen molar-refractivity contribution in [2.45, 2.75) is 60.3 Å². The van der Waals surface area contributed by atoms with E-state index in [2.05, 4.69) is 20.8 Å². The Morgan fingerprint density at radius 3 is 2.59 bits per heavy atom. The number of ketones is 2. The average Bonchev–Trinajstić information content (AvgIpc) is 2.35. The van der Waals surface area contributed by atoms with E-state index in [1.165, 1.54) is 11.1 Å². The molecule has 22 heavy (non-hydrogen) atoms. The Kier molecular flexibility index (Phi) is 4.89. The zero-order valence-electron chi connectivity index (χ0n) is 14.5. The monoisotopic (exact) mass is 300 g/mol. The van der Waals surface area contributed by atoms with Gasteiger partial charge in [-0.2, -0.15) is 0 Å². The molecule has 0 heterocycles. The van der Waals surface area contributed by atoms with Gasteiger partial charge in [0.1, 0.15) is 0 Å². The Morgan fingerprint density at radius 2 is 1.95 bits per heavy atom. The second kappa shape index (κ2) is 6.36. The first kappa shape index (κ1) is 16.9. The van der Waals surface area contributed by atoms with Gasteiger partial charge < -0.3 is 0 Å². The van der Waals surface area contributed by atoms with E-state index in [0.717, 1.165) is 24.8 Å². The fourth-order valence-corrected chi connectivity index (χ4v) is 4.20. The molecule has 0 bridgehead atoms. The Balaban J connectivity index is 2.16. The molecule has 0 aliphatic heterocycles. The van der Waals surface area contributed by atoms with Gasteiger partial charge >= 0.3 is 0 Å². The molecular formula is C20H28O2. The van der Waals surface area contributed by atoms with Crippen molar-refractivity contribution < 1.29 is 9.59 Å². The van der Waals surface area contributed by atoms with E-state index in [-0.39, 0.29) is 17.0 Å². The normalized spacial score (nSPS) is 32.1. The van der Waals surface area contributed by atoms with Gasteiger partial charge in [0.15, 0.2) is 11.6 Å². The lowest BCUT2D eigenvalue weighted by Crippen LogP contribution is -2.39. The van der Waals surface area contributed by atoms with E-state index in [9.17, 15) is 9.59 Å². The Morgan fingerprint density at radius 1 is 1.27 bits per heavy atom. The van der Waals surface area contributed by atoms with Crippen LogP contribution in [0.3, 0.4) is 0 Å². The van der Waals surface area contributed by atoms with E-state index < -0.39 is 0 Å². The summed E-state index contributed by atoms with van der Waals surface area (Å²) in [7, 11) is 0. The number of rotatable bonds is 3. The lowest BCUT2D eigenvalue weighted by atomic mass is 9.57. The highest BCUT2D eigenvalue weighted by Gasteiger charge is 2.44. The predicted molar refractivity (Wildman–Crippen MR) is 90.5 cm³/mol. The molecule has 0 aromatic rings. The summed E-state index contributed by atoms with van der Waals surface area (Å²) in [5.74, 6) is 1.31. The standard InChI is InChI=1S/C20H28O2/c1-13(2)8-17(21)9-14(3)16-6-7-20(5)12-18(22)10-15(4)19(20)11-16/h8-10,16,19H,6-7,11-12H2,1-5H3/t16-,19+,20+/m0/s1. The summed E-state index contributed by atoms with van der Waals surface area (Å²) in [6.07, 6.45) is 9.23. The van der Waals surface area contributed by atoms with Crippen LogP contribution >= 0.6 is 0 Å². The molecule has 2 nitrogen and oxygen atoms in total. The van der Waals surface area contributed by atoms with Gasteiger partial charge in [0.25, 0.3) is 0 Å². The molecule has 0 unspecified atom stereocenters. The highest BCUT2D eigenvalue weighted by atomic mass is 16.1. The summed E-state index contributed by atoms with van der Waals surface area (Å²) in [5, 5.41) is 0. The smallest absolute Gasteiger partial charge is 0.178 e. The quantitative estimate of drug-likeness (QED) is 0.701. The summed E-state index contributed by atoms with van der Waals surface area (Å²) in [6.45, 7) is 10.3. The van der Waals surface area contributed by atoms with Crippen LogP contribution in [0, 0.1) is 17.3 Å². The zero-order valence-corrected chi connectivity index (χ0v) is 14.5. The van der Waals surface area contributed by atoms with Crippen molar-refractivity contribution in [1.29, 1.82) is 0 Å². The van der Waals surface area contributed by atoms with Crippen LogP contribution in [-0.2, 0) is 9.59 Å². The first-order chi connectivity index (χ1) is 10.2. The second-order valence-electron chi connectivity index (χ2n) is 7.72. The van der Waals surface area contributed by atoms with Gasteiger partial charge in [0.05, 0.1) is 0 Å². The minimum Gasteiger partial charge on any atom is -0.295 e. The molecule has 0 aromatic carbocycles. The molecule has 1 fully saturated rings. The maximum Gasteiger partial charge on any atom is 0.178 e. The third-order valence-electron chi connectivity index (χ3n) is 5.39. The molecule has 0 radical (unpaired) electrons. The van der Waals surface area contributed by atoms with Crippen molar-refractivity contribution >= 4 is 11.6 Å². The van der Waals surface area contributed by atoms with Gasteiger partial charge in [-0.25, -0.2) is 0 Å². The minimum absolute atomic E-state index is 0.0944. The number of carbonyl (C=O) groups excluding carboxylic acids is 2. The maximum atomic E-state index is 12.0. The molecule has 2 rings (SSSR count). The van der Waals surface area contributed by atoms with E-state index in [1.54, 1.807) is 12.2 Å². The Labute approximate surface area is 134 Å². The number of allylic oxidation sites excluding steroid dienone is 6. The predicted octanol–water partition coefficient (Wildman–Crippen LogP) is 4.81. The lowest BCUT2D eigenvalue weighted by molar-refractivity contribution is -0.119. The number of hydrogen-bond donors (Lipinski definition) is 0. The fraction of sp³-hybridized carbons (Fsp3) is 0.600. The summed E-state index contributed by atoms with van der Waals surface area (Å²) in [6, 6.07) is 0. The molecule has 0 spiro atoms. The van der Waals surface area contributed by atoms with Gasteiger partial charge in [-0.15, -0.1) is 0 Å². The van der Waals surface area contributed by atoms with Crippen LogP contribution < -0.4 is 0 Å². The van der Waals surface area contributed by atoms with Crippen LogP contribution in [0.2, 0.25) is 0 Å². The average molecular weight is 300 g/mol. The largest absolute Gasteiger partial charge is 0.295 e. The van der Waals surface area contributed by atoms with Crippen molar-refractivity contribution in [3.63, 3.8) is 0 Å². The highest BCUT2D eigenvalue weighted by molar-refractivity contribution is 6.00. The van der Waals surface area contributed by atoms with Crippen molar-refractivity contribution in [2.24, 2.45) is 17.3 Å². The first-order valence-electron chi connectivity index (χ1n) is 8.29. The number of hydrogen-bond acceptors (Lipinski definition) is 2. The molecule has 0 aromatic heterocycles. The van der Waals surface area contributed by atoms with E-state index in [1.807, 2.05) is 19.9 Å². The summed E-state index contributed by atoms with van der Waals surface area (Å²) in [5.41, 5.74) is 3.58. The first-order valence-corrected chi connectivity index (χ1v) is 8.29. The van der Waals surface area contributed by atoms with Crippen molar-refractivity contribution in [3.8, 4) is 0 Å². The molecular weight excluding hydrogens is 272 g/mol. The third kappa shape index (κ3) is 3.66. The summed E-state index contributed by atoms with van der Waals surface area (Å²) < 4.78 is 0. The molecule has 2 heteroatoms. The molecule has 2 aliphatic carbocycles. The van der Waals surface area contributed by atoms with Crippen molar-refractivity contribution in [1.82, 2.24) is 0 Å². The zero-order chi connectivity index (χ0) is 16.5. The molecule has 1 saturated carbocycles. The van der Waals surface area contributed by atoms with E-state index in [0.29, 0.717) is 18.3 Å². The van der Waals surface area contributed by atoms with Crippen LogP contribution in [0.15, 0.2) is 34.9 Å². The van der Waals surface area contributed by atoms with Gasteiger partial charge in [-0.3, -0.25) is 9.59 Å². The summed E-state index contributed by atoms with van der Waals surface area (Å²) >= 11 is 0. The van der Waals surface area contributed by atoms with E-state index in [4.69, 9.17) is 0 Å². The van der Waals surface area contributed by atoms with Crippen LogP contribution in [0.25, 0.3) is 0 Å². The molecule has 0 saturated heterocycles. The third-order valence-corrected chi connectivity index (χ3v) is 5.39. The topological polar surface area (TPSA) is 34.1 Å². The SMILES string of the molecule is CC(C)=CC(=O)C=C(C)[C@H]1CC[C@]2(C)CC(=O)C=C(C)[C@H]2C1. The molecule has 3 atom stereocenters. The minimum atomic E-state index is 0.0944. The van der Waals surface area contributed by atoms with Crippen LogP contribution in [0.4, 0.5) is 0 Å². The molecule has 0 N–H and O–H groups in total. The number of carbonyl (C=O) groups is 2. The van der Waals surface area contributed by atoms with Crippen LogP contribution in [0.1, 0.15) is 60.3 Å². The highest BCUT2D eigenvalue weighted by Crippen LogP contribution is 2.52. The maximum absolute atomic E-state index is 12.0. The van der Waals surface area contributed by atoms with Gasteiger partial charge in [0.2, 0.25) is 0 Å². The number of fused-ring (bicyclic) bond motifs is 1. The molecule has 2 aliphatic rings. The van der Waals surface area contributed by atoms with Crippen molar-refractivity contribution in [3.05, 3.63) is 34.9 Å². The van der Waals surface area contributed by atoms with Crippen LogP contribution in [0.5, 0.6) is 0 Å². The van der Waals surface area contributed by atoms with Crippen LogP contribution in [-0.4, -0.2) is 11.6 Å². The second-order valence-corrected chi connectivity index (χ2v) is 7.72. The molecule has 0 amide bonds. The van der Waals surface area contributed by atoms with Crippen molar-refractivity contribution in [2.75, 3.05) is 0 Å². The van der Waals surface area contributed by atoms with E-state index >= 15 is 0 Å². The van der Waals surface area contributed by atoms with Gasteiger partial charge in [-0.1, -0.05) is 23.6 Å². The lowest BCUT2D eigenvalue weighted by Gasteiger charge is -2.47.